The van der Waals surface area contributed by atoms with Crippen molar-refractivity contribution in [3.05, 3.63) is 11.6 Å². The van der Waals surface area contributed by atoms with Gasteiger partial charge in [-0.05, 0) is 38.6 Å². The van der Waals surface area contributed by atoms with Gasteiger partial charge >= 0.3 is 0 Å². The predicted octanol–water partition coefficient (Wildman–Crippen LogP) is 1.85. The Kier molecular flexibility index (Phi) is 1.76. The van der Waals surface area contributed by atoms with E-state index >= 15 is 0 Å². The second-order valence-corrected chi connectivity index (χ2v) is 3.32. The first-order valence-electron chi connectivity index (χ1n) is 4.39. The molecule has 1 unspecified atom stereocenters. The highest BCUT2D eigenvalue weighted by atomic mass is 14.9. The molecule has 1 nitrogen and oxygen atoms in total. The molecule has 1 aliphatic heterocycles. The number of hydrogen-bond donors (Lipinski definition) is 1. The largest absolute Gasteiger partial charge is 0.310 e. The molecule has 0 aromatic rings. The third-order valence-corrected chi connectivity index (χ3v) is 2.58. The van der Waals surface area contributed by atoms with Crippen LogP contribution in [0.4, 0.5) is 0 Å². The lowest BCUT2D eigenvalue weighted by atomic mass is 10.1. The second-order valence-electron chi connectivity index (χ2n) is 3.32. The first-order chi connectivity index (χ1) is 4.97. The molecule has 0 amide bonds. The van der Waals surface area contributed by atoms with Gasteiger partial charge in [0.15, 0.2) is 0 Å². The van der Waals surface area contributed by atoms with E-state index in [2.05, 4.69) is 11.4 Å². The highest BCUT2D eigenvalue weighted by Crippen LogP contribution is 2.25. The molecule has 10 heavy (non-hydrogen) atoms. The van der Waals surface area contributed by atoms with Crippen molar-refractivity contribution < 1.29 is 0 Å². The summed E-state index contributed by atoms with van der Waals surface area (Å²) in [6, 6.07) is 0.766. The van der Waals surface area contributed by atoms with Gasteiger partial charge in [-0.25, -0.2) is 0 Å². The van der Waals surface area contributed by atoms with Crippen LogP contribution < -0.4 is 5.32 Å². The van der Waals surface area contributed by atoms with Gasteiger partial charge in [-0.1, -0.05) is 11.6 Å². The SMILES string of the molecule is C1=C(C2CCCN2)CCC1. The molecule has 0 saturated carbocycles. The quantitative estimate of drug-likeness (QED) is 0.544. The van der Waals surface area contributed by atoms with Gasteiger partial charge in [0.2, 0.25) is 0 Å². The Labute approximate surface area is 62.5 Å². The monoisotopic (exact) mass is 137 g/mol. The molecule has 0 bridgehead atoms. The summed E-state index contributed by atoms with van der Waals surface area (Å²) < 4.78 is 0. The molecule has 1 aliphatic carbocycles. The summed E-state index contributed by atoms with van der Waals surface area (Å²) in [5.41, 5.74) is 1.69. The van der Waals surface area contributed by atoms with Crippen molar-refractivity contribution in [2.24, 2.45) is 0 Å². The van der Waals surface area contributed by atoms with Crippen LogP contribution in [-0.2, 0) is 0 Å². The second kappa shape index (κ2) is 2.75. The van der Waals surface area contributed by atoms with E-state index in [1.807, 2.05) is 0 Å². The Hall–Kier alpha value is -0.300. The molecule has 1 saturated heterocycles. The predicted molar refractivity (Wildman–Crippen MR) is 43.0 cm³/mol. The van der Waals surface area contributed by atoms with Gasteiger partial charge in [-0.3, -0.25) is 0 Å². The van der Waals surface area contributed by atoms with Crippen LogP contribution in [0.1, 0.15) is 32.1 Å². The minimum absolute atomic E-state index is 0.766. The Balaban J connectivity index is 1.97. The Morgan fingerprint density at radius 1 is 1.40 bits per heavy atom. The lowest BCUT2D eigenvalue weighted by Crippen LogP contribution is -2.22. The van der Waals surface area contributed by atoms with Crippen molar-refractivity contribution in [1.82, 2.24) is 5.32 Å². The Morgan fingerprint density at radius 2 is 2.40 bits per heavy atom. The fourth-order valence-electron chi connectivity index (χ4n) is 2.01. The third-order valence-electron chi connectivity index (χ3n) is 2.58. The van der Waals surface area contributed by atoms with E-state index in [0.717, 1.165) is 6.04 Å². The fraction of sp³-hybridized carbons (Fsp3) is 0.778. The molecule has 2 aliphatic rings. The van der Waals surface area contributed by atoms with Gasteiger partial charge < -0.3 is 5.32 Å². The molecule has 0 aromatic carbocycles. The standard InChI is InChI=1S/C9H15N/c1-2-5-8(4-1)9-6-3-7-10-9/h4,9-10H,1-3,5-7H2. The minimum Gasteiger partial charge on any atom is -0.310 e. The first kappa shape index (κ1) is 6.41. The molecule has 0 spiro atoms. The van der Waals surface area contributed by atoms with E-state index in [-0.39, 0.29) is 0 Å². The zero-order valence-electron chi connectivity index (χ0n) is 6.40. The number of allylic oxidation sites excluding steroid dienone is 1. The average molecular weight is 137 g/mol. The van der Waals surface area contributed by atoms with Gasteiger partial charge in [-0.2, -0.15) is 0 Å². The van der Waals surface area contributed by atoms with Gasteiger partial charge in [0.1, 0.15) is 0 Å². The smallest absolute Gasteiger partial charge is 0.0279 e. The molecule has 1 atom stereocenters. The summed E-state index contributed by atoms with van der Waals surface area (Å²) in [6.07, 6.45) is 9.27. The molecule has 56 valence electrons. The highest BCUT2D eigenvalue weighted by Gasteiger charge is 2.19. The van der Waals surface area contributed by atoms with Crippen molar-refractivity contribution in [1.29, 1.82) is 0 Å². The lowest BCUT2D eigenvalue weighted by molar-refractivity contribution is 0.666. The molecular weight excluding hydrogens is 122 g/mol. The van der Waals surface area contributed by atoms with Crippen LogP contribution in [0, 0.1) is 0 Å². The van der Waals surface area contributed by atoms with Crippen molar-refractivity contribution in [3.8, 4) is 0 Å². The molecule has 2 rings (SSSR count). The van der Waals surface area contributed by atoms with Gasteiger partial charge in [0.05, 0.1) is 0 Å². The van der Waals surface area contributed by atoms with Crippen LogP contribution in [-0.4, -0.2) is 12.6 Å². The maximum atomic E-state index is 3.53. The van der Waals surface area contributed by atoms with Crippen molar-refractivity contribution in [2.75, 3.05) is 6.54 Å². The summed E-state index contributed by atoms with van der Waals surface area (Å²) >= 11 is 0. The summed E-state index contributed by atoms with van der Waals surface area (Å²) in [6.45, 7) is 1.24. The van der Waals surface area contributed by atoms with Crippen LogP contribution in [0.3, 0.4) is 0 Å². The number of rotatable bonds is 1. The zero-order valence-corrected chi connectivity index (χ0v) is 6.40. The van der Waals surface area contributed by atoms with E-state index < -0.39 is 0 Å². The van der Waals surface area contributed by atoms with Crippen LogP contribution in [0.2, 0.25) is 0 Å². The third kappa shape index (κ3) is 1.10. The van der Waals surface area contributed by atoms with E-state index in [1.54, 1.807) is 5.57 Å². The molecule has 1 heterocycles. The summed E-state index contributed by atoms with van der Waals surface area (Å²) in [5.74, 6) is 0. The number of nitrogens with one attached hydrogen (secondary N) is 1. The maximum Gasteiger partial charge on any atom is 0.0279 e. The Morgan fingerprint density at radius 3 is 3.00 bits per heavy atom. The average Bonchev–Trinajstić information content (AvgIpc) is 2.59. The van der Waals surface area contributed by atoms with E-state index in [4.69, 9.17) is 0 Å². The Bertz CT molecular complexity index is 143. The molecule has 1 heteroatoms. The van der Waals surface area contributed by atoms with E-state index in [1.165, 1.54) is 38.6 Å². The van der Waals surface area contributed by atoms with Gasteiger partial charge in [0, 0.05) is 6.04 Å². The topological polar surface area (TPSA) is 12.0 Å². The van der Waals surface area contributed by atoms with Crippen molar-refractivity contribution in [3.63, 3.8) is 0 Å². The fourth-order valence-corrected chi connectivity index (χ4v) is 2.01. The van der Waals surface area contributed by atoms with Crippen LogP contribution >= 0.6 is 0 Å². The maximum absolute atomic E-state index is 3.53. The van der Waals surface area contributed by atoms with Gasteiger partial charge in [0.25, 0.3) is 0 Å². The van der Waals surface area contributed by atoms with Crippen molar-refractivity contribution in [2.45, 2.75) is 38.1 Å². The highest BCUT2D eigenvalue weighted by molar-refractivity contribution is 5.16. The van der Waals surface area contributed by atoms with Crippen LogP contribution in [0.5, 0.6) is 0 Å². The summed E-state index contributed by atoms with van der Waals surface area (Å²) in [5, 5.41) is 3.53. The lowest BCUT2D eigenvalue weighted by Gasteiger charge is -2.10. The van der Waals surface area contributed by atoms with Gasteiger partial charge in [-0.15, -0.1) is 0 Å². The van der Waals surface area contributed by atoms with Crippen LogP contribution in [0.15, 0.2) is 11.6 Å². The summed E-state index contributed by atoms with van der Waals surface area (Å²) in [7, 11) is 0. The molecular formula is C9H15N. The number of hydrogen-bond acceptors (Lipinski definition) is 1. The molecule has 0 radical (unpaired) electrons. The molecule has 0 aromatic heterocycles. The first-order valence-corrected chi connectivity index (χ1v) is 4.39. The van der Waals surface area contributed by atoms with Crippen molar-refractivity contribution >= 4 is 0 Å². The molecule has 1 N–H and O–H groups in total. The van der Waals surface area contributed by atoms with E-state index in [9.17, 15) is 0 Å². The molecule has 1 fully saturated rings. The normalized spacial score (nSPS) is 32.8. The minimum atomic E-state index is 0.766. The zero-order chi connectivity index (χ0) is 6.81. The van der Waals surface area contributed by atoms with Crippen LogP contribution in [0.25, 0.3) is 0 Å². The van der Waals surface area contributed by atoms with E-state index in [0.29, 0.717) is 0 Å². The summed E-state index contributed by atoms with van der Waals surface area (Å²) in [4.78, 5) is 0.